The number of hydrogen-bond acceptors (Lipinski definition) is 5. The van der Waals surface area contributed by atoms with E-state index >= 15 is 0 Å². The molecule has 104 valence electrons. The highest BCUT2D eigenvalue weighted by Crippen LogP contribution is 2.42. The summed E-state index contributed by atoms with van der Waals surface area (Å²) in [5, 5.41) is -0.312. The number of hydrogen-bond donors (Lipinski definition) is 0. The fourth-order valence-electron chi connectivity index (χ4n) is 3.01. The molecule has 0 aromatic carbocycles. The van der Waals surface area contributed by atoms with Crippen LogP contribution in [0.3, 0.4) is 0 Å². The predicted octanol–water partition coefficient (Wildman–Crippen LogP) is 1.95. The fraction of sp³-hybridized carbons (Fsp3) is 0.917. The Hall–Kier alpha value is -0.523. The van der Waals surface area contributed by atoms with Gasteiger partial charge in [0, 0.05) is 21.3 Å². The molecule has 0 amide bonds. The third-order valence-corrected chi connectivity index (χ3v) is 8.42. The minimum atomic E-state index is -2.33. The van der Waals surface area contributed by atoms with Gasteiger partial charge in [0.2, 0.25) is 6.08 Å². The number of ether oxygens (including phenoxy) is 1. The van der Waals surface area contributed by atoms with Crippen LogP contribution >= 0.6 is 0 Å². The number of methoxy groups -OCH3 is 1. The maximum Gasteiger partial charge on any atom is 0.370 e. The molecule has 6 heteroatoms. The summed E-state index contributed by atoms with van der Waals surface area (Å²) < 4.78 is 17.4. The summed E-state index contributed by atoms with van der Waals surface area (Å²) in [6, 6.07) is 0.963. The van der Waals surface area contributed by atoms with E-state index < -0.39 is 8.56 Å². The Balaban J connectivity index is 2.81. The van der Waals surface area contributed by atoms with Gasteiger partial charge in [0.1, 0.15) is 5.22 Å². The Morgan fingerprint density at radius 1 is 1.28 bits per heavy atom. The zero-order chi connectivity index (χ0) is 13.5. The van der Waals surface area contributed by atoms with Crippen molar-refractivity contribution in [3.05, 3.63) is 0 Å². The molecule has 1 fully saturated rings. The maximum absolute atomic E-state index is 10.1. The molecule has 0 aliphatic carbocycles. The zero-order valence-corrected chi connectivity index (χ0v) is 12.5. The normalized spacial score (nSPS) is 26.6. The summed E-state index contributed by atoms with van der Waals surface area (Å²) in [6.07, 6.45) is 6.41. The molecule has 1 unspecified atom stereocenters. The zero-order valence-electron chi connectivity index (χ0n) is 11.5. The minimum Gasteiger partial charge on any atom is -0.396 e. The van der Waals surface area contributed by atoms with Crippen LogP contribution in [0.4, 0.5) is 0 Å². The van der Waals surface area contributed by atoms with Gasteiger partial charge in [-0.1, -0.05) is 12.8 Å². The first kappa shape index (κ1) is 15.5. The van der Waals surface area contributed by atoms with E-state index in [2.05, 4.69) is 4.99 Å². The average Bonchev–Trinajstić information content (AvgIpc) is 2.44. The molecule has 0 spiro atoms. The van der Waals surface area contributed by atoms with Gasteiger partial charge in [-0.3, -0.25) is 0 Å². The third kappa shape index (κ3) is 2.89. The summed E-state index contributed by atoms with van der Waals surface area (Å²) in [5.74, 6) is 0. The van der Waals surface area contributed by atoms with Crippen molar-refractivity contribution in [1.29, 1.82) is 0 Å². The third-order valence-electron chi connectivity index (χ3n) is 4.00. The van der Waals surface area contributed by atoms with Crippen LogP contribution in [0.1, 0.15) is 32.1 Å². The van der Waals surface area contributed by atoms with Crippen LogP contribution < -0.4 is 0 Å². The molecule has 0 radical (unpaired) electrons. The molecule has 0 N–H and O–H groups in total. The Bertz CT molecular complexity index is 302. The van der Waals surface area contributed by atoms with E-state index in [0.29, 0.717) is 6.54 Å². The number of aliphatic imine (C=N–C) groups is 1. The van der Waals surface area contributed by atoms with Crippen LogP contribution in [0, 0.1) is 0 Å². The first-order valence-electron chi connectivity index (χ1n) is 6.39. The Kier molecular flexibility index (Phi) is 6.18. The average molecular weight is 273 g/mol. The van der Waals surface area contributed by atoms with Gasteiger partial charge in [-0.25, -0.2) is 9.79 Å². The van der Waals surface area contributed by atoms with Gasteiger partial charge in [0.05, 0.1) is 6.54 Å². The fourth-order valence-corrected chi connectivity index (χ4v) is 6.93. The van der Waals surface area contributed by atoms with Crippen molar-refractivity contribution in [2.75, 3.05) is 27.9 Å². The van der Waals surface area contributed by atoms with Crippen molar-refractivity contribution in [3.8, 4) is 0 Å². The Labute approximate surface area is 110 Å². The predicted molar refractivity (Wildman–Crippen MR) is 70.4 cm³/mol. The number of nitrogens with zero attached hydrogens (tertiary/aromatic N) is 1. The molecular weight excluding hydrogens is 250 g/mol. The molecule has 0 bridgehead atoms. The molecular formula is C12H23NO4Si. The maximum atomic E-state index is 10.1. The molecule has 0 aromatic rings. The Morgan fingerprint density at radius 2 is 2.00 bits per heavy atom. The lowest BCUT2D eigenvalue weighted by Crippen LogP contribution is -2.64. The lowest BCUT2D eigenvalue weighted by atomic mass is 10.1. The molecule has 1 atom stereocenters. The molecule has 18 heavy (non-hydrogen) atoms. The van der Waals surface area contributed by atoms with E-state index in [9.17, 15) is 4.79 Å². The molecule has 1 aliphatic heterocycles. The topological polar surface area (TPSA) is 57.1 Å². The van der Waals surface area contributed by atoms with Crippen molar-refractivity contribution in [1.82, 2.24) is 0 Å². The van der Waals surface area contributed by atoms with Crippen LogP contribution in [0.25, 0.3) is 0 Å². The molecule has 0 saturated carbocycles. The highest BCUT2D eigenvalue weighted by Gasteiger charge is 2.58. The second-order valence-corrected chi connectivity index (χ2v) is 8.38. The highest BCUT2D eigenvalue weighted by atomic mass is 28.4. The van der Waals surface area contributed by atoms with Gasteiger partial charge in [-0.05, 0) is 25.3 Å². The van der Waals surface area contributed by atoms with Gasteiger partial charge >= 0.3 is 8.56 Å². The lowest BCUT2D eigenvalue weighted by molar-refractivity contribution is -0.0153. The monoisotopic (exact) mass is 273 g/mol. The second-order valence-electron chi connectivity index (χ2n) is 4.64. The summed E-state index contributed by atoms with van der Waals surface area (Å²) in [4.78, 5) is 13.7. The molecule has 1 saturated heterocycles. The first-order chi connectivity index (χ1) is 8.70. The van der Waals surface area contributed by atoms with Crippen LogP contribution in [0.15, 0.2) is 4.99 Å². The van der Waals surface area contributed by atoms with Gasteiger partial charge in [-0.2, -0.15) is 0 Å². The van der Waals surface area contributed by atoms with Crippen molar-refractivity contribution < 1.29 is 18.4 Å². The largest absolute Gasteiger partial charge is 0.396 e. The summed E-state index contributed by atoms with van der Waals surface area (Å²) in [5.41, 5.74) is 0. The highest BCUT2D eigenvalue weighted by molar-refractivity contribution is 6.70. The van der Waals surface area contributed by atoms with Gasteiger partial charge < -0.3 is 13.6 Å². The molecule has 5 nitrogen and oxygen atoms in total. The van der Waals surface area contributed by atoms with Gasteiger partial charge in [-0.15, -0.1) is 0 Å². The molecule has 0 aromatic heterocycles. The standard InChI is InChI=1S/C12H23NO4Si/c1-15-12(8-6-9-13-11-14)7-4-5-10-18(12,16-2)17-3/h4-10H2,1-3H3. The van der Waals surface area contributed by atoms with E-state index in [1.54, 1.807) is 27.4 Å². The molecule has 1 heterocycles. The SMILES string of the molecule is COC1(CCCN=C=O)CCCC[Si]1(OC)OC. The van der Waals surface area contributed by atoms with Gasteiger partial charge in [0.15, 0.2) is 0 Å². The summed E-state index contributed by atoms with van der Waals surface area (Å²) in [7, 11) is 2.84. The van der Waals surface area contributed by atoms with Crippen LogP contribution in [0.5, 0.6) is 0 Å². The van der Waals surface area contributed by atoms with E-state index in [4.69, 9.17) is 13.6 Å². The van der Waals surface area contributed by atoms with Crippen molar-refractivity contribution >= 4 is 14.6 Å². The van der Waals surface area contributed by atoms with E-state index in [0.717, 1.165) is 38.1 Å². The minimum absolute atomic E-state index is 0.312. The van der Waals surface area contributed by atoms with Crippen molar-refractivity contribution in [3.63, 3.8) is 0 Å². The Morgan fingerprint density at radius 3 is 2.56 bits per heavy atom. The van der Waals surface area contributed by atoms with Gasteiger partial charge in [0.25, 0.3) is 0 Å². The number of carbonyl (C=O) groups excluding carboxylic acids is 1. The number of isocyanates is 1. The quantitative estimate of drug-likeness (QED) is 0.308. The van der Waals surface area contributed by atoms with Crippen LogP contribution in [-0.4, -0.2) is 47.7 Å². The molecule has 1 aliphatic rings. The molecule has 1 rings (SSSR count). The van der Waals surface area contributed by atoms with E-state index in [1.807, 2.05) is 0 Å². The van der Waals surface area contributed by atoms with Crippen molar-refractivity contribution in [2.24, 2.45) is 4.99 Å². The smallest absolute Gasteiger partial charge is 0.370 e. The van der Waals surface area contributed by atoms with E-state index in [1.165, 1.54) is 0 Å². The summed E-state index contributed by atoms with van der Waals surface area (Å²) in [6.45, 7) is 0.493. The lowest BCUT2D eigenvalue weighted by Gasteiger charge is -2.48. The summed E-state index contributed by atoms with van der Waals surface area (Å²) >= 11 is 0. The number of rotatable bonds is 7. The second kappa shape index (κ2) is 7.16. The van der Waals surface area contributed by atoms with Crippen LogP contribution in [0.2, 0.25) is 6.04 Å². The van der Waals surface area contributed by atoms with Crippen molar-refractivity contribution in [2.45, 2.75) is 43.4 Å². The van der Waals surface area contributed by atoms with Crippen LogP contribution in [-0.2, 0) is 18.4 Å². The van der Waals surface area contributed by atoms with E-state index in [-0.39, 0.29) is 5.22 Å². The first-order valence-corrected chi connectivity index (χ1v) is 8.42.